The van der Waals surface area contributed by atoms with Crippen molar-refractivity contribution in [2.45, 2.75) is 19.4 Å². The van der Waals surface area contributed by atoms with Crippen LogP contribution in [0.4, 0.5) is 5.69 Å². The maximum atomic E-state index is 5.59. The molecule has 0 spiro atoms. The van der Waals surface area contributed by atoms with Crippen LogP contribution in [0.3, 0.4) is 0 Å². The summed E-state index contributed by atoms with van der Waals surface area (Å²) in [6.07, 6.45) is 1.15. The molecule has 0 aromatic heterocycles. The summed E-state index contributed by atoms with van der Waals surface area (Å²) >= 11 is 0. The fraction of sp³-hybridized carbons (Fsp3) is 0.571. The van der Waals surface area contributed by atoms with Gasteiger partial charge in [-0.1, -0.05) is 6.07 Å². The molecule has 0 saturated heterocycles. The molecule has 0 aliphatic heterocycles. The third-order valence-electron chi connectivity index (χ3n) is 2.93. The largest absolute Gasteiger partial charge is 0.497 e. The lowest BCUT2D eigenvalue weighted by atomic mass is 10.2. The van der Waals surface area contributed by atoms with Crippen LogP contribution in [0.2, 0.25) is 0 Å². The van der Waals surface area contributed by atoms with E-state index in [2.05, 4.69) is 17.9 Å². The molecule has 2 N–H and O–H groups in total. The van der Waals surface area contributed by atoms with E-state index < -0.39 is 0 Å². The van der Waals surface area contributed by atoms with Crippen molar-refractivity contribution in [1.29, 1.82) is 0 Å². The number of rotatable bonds is 8. The van der Waals surface area contributed by atoms with Gasteiger partial charge in [-0.15, -0.1) is 0 Å². The first-order valence-electron chi connectivity index (χ1n) is 6.33. The van der Waals surface area contributed by atoms with E-state index in [1.807, 2.05) is 18.2 Å². The molecule has 0 aliphatic rings. The molecule has 1 unspecified atom stereocenters. The summed E-state index contributed by atoms with van der Waals surface area (Å²) < 4.78 is 10.6. The number of ether oxygens (including phenoxy) is 2. The molecule has 1 aromatic rings. The highest BCUT2D eigenvalue weighted by atomic mass is 16.5. The van der Waals surface area contributed by atoms with Gasteiger partial charge in [0.15, 0.2) is 0 Å². The maximum absolute atomic E-state index is 5.59. The Balaban J connectivity index is 2.78. The summed E-state index contributed by atoms with van der Waals surface area (Å²) in [5.41, 5.74) is 6.74. The van der Waals surface area contributed by atoms with Gasteiger partial charge >= 0.3 is 0 Å². The van der Waals surface area contributed by atoms with Gasteiger partial charge in [-0.25, -0.2) is 0 Å². The fourth-order valence-corrected chi connectivity index (χ4v) is 1.80. The van der Waals surface area contributed by atoms with Crippen LogP contribution < -0.4 is 15.4 Å². The molecule has 1 atom stereocenters. The smallest absolute Gasteiger partial charge is 0.120 e. The third-order valence-corrected chi connectivity index (χ3v) is 2.93. The number of nitrogens with two attached hydrogens (primary N) is 1. The standard InChI is InChI=1S/C14H24N2O2/c1-12(17-2)11-16(9-5-8-15)13-6-4-7-14(10-13)18-3/h4,6-7,10,12H,5,8-9,11,15H2,1-3H3. The molecule has 0 amide bonds. The van der Waals surface area contributed by atoms with Crippen molar-refractivity contribution < 1.29 is 9.47 Å². The minimum Gasteiger partial charge on any atom is -0.497 e. The Morgan fingerprint density at radius 2 is 2.11 bits per heavy atom. The summed E-state index contributed by atoms with van der Waals surface area (Å²) in [4.78, 5) is 2.28. The molecular formula is C14H24N2O2. The molecule has 4 nitrogen and oxygen atoms in total. The van der Waals surface area contributed by atoms with Crippen LogP contribution in [0.25, 0.3) is 0 Å². The van der Waals surface area contributed by atoms with Crippen molar-refractivity contribution in [2.24, 2.45) is 5.73 Å². The first-order valence-corrected chi connectivity index (χ1v) is 6.33. The van der Waals surface area contributed by atoms with Gasteiger partial charge in [-0.3, -0.25) is 0 Å². The zero-order valence-corrected chi connectivity index (χ0v) is 11.6. The summed E-state index contributed by atoms with van der Waals surface area (Å²) in [6, 6.07) is 8.08. The van der Waals surface area contributed by atoms with Crippen LogP contribution in [0.1, 0.15) is 13.3 Å². The normalized spacial score (nSPS) is 12.2. The lowest BCUT2D eigenvalue weighted by Gasteiger charge is -2.27. The lowest BCUT2D eigenvalue weighted by molar-refractivity contribution is 0.123. The molecule has 4 heteroatoms. The van der Waals surface area contributed by atoms with Crippen molar-refractivity contribution in [3.8, 4) is 5.75 Å². The Morgan fingerprint density at radius 3 is 2.72 bits per heavy atom. The van der Waals surface area contributed by atoms with Gasteiger partial charge < -0.3 is 20.1 Å². The van der Waals surface area contributed by atoms with Crippen molar-refractivity contribution >= 4 is 5.69 Å². The zero-order valence-electron chi connectivity index (χ0n) is 11.6. The van der Waals surface area contributed by atoms with Gasteiger partial charge in [-0.05, 0) is 32.0 Å². The van der Waals surface area contributed by atoms with Crippen LogP contribution in [0.15, 0.2) is 24.3 Å². The average Bonchev–Trinajstić information content (AvgIpc) is 2.43. The summed E-state index contributed by atoms with van der Waals surface area (Å²) in [5, 5.41) is 0. The van der Waals surface area contributed by atoms with E-state index >= 15 is 0 Å². The van der Waals surface area contributed by atoms with Gasteiger partial charge in [0.2, 0.25) is 0 Å². The highest BCUT2D eigenvalue weighted by molar-refractivity contribution is 5.50. The van der Waals surface area contributed by atoms with Gasteiger partial charge in [0.1, 0.15) is 5.75 Å². The molecule has 1 rings (SSSR count). The number of nitrogens with zero attached hydrogens (tertiary/aromatic N) is 1. The molecule has 102 valence electrons. The molecule has 0 fully saturated rings. The number of hydrogen-bond donors (Lipinski definition) is 1. The third kappa shape index (κ3) is 4.55. The highest BCUT2D eigenvalue weighted by Gasteiger charge is 2.11. The number of benzene rings is 1. The van der Waals surface area contributed by atoms with Crippen LogP contribution in [0, 0.1) is 0 Å². The van der Waals surface area contributed by atoms with Gasteiger partial charge in [0.25, 0.3) is 0 Å². The summed E-state index contributed by atoms with van der Waals surface area (Å²) in [5.74, 6) is 0.871. The molecule has 0 bridgehead atoms. The van der Waals surface area contributed by atoms with Crippen molar-refractivity contribution in [2.75, 3.05) is 38.8 Å². The minimum atomic E-state index is 0.189. The first kappa shape index (κ1) is 14.8. The Hall–Kier alpha value is -1.26. The second-order valence-electron chi connectivity index (χ2n) is 4.34. The summed E-state index contributed by atoms with van der Waals surface area (Å²) in [6.45, 7) is 4.54. The molecule has 18 heavy (non-hydrogen) atoms. The topological polar surface area (TPSA) is 47.7 Å². The van der Waals surface area contributed by atoms with Gasteiger partial charge in [-0.2, -0.15) is 0 Å². The van der Waals surface area contributed by atoms with E-state index in [4.69, 9.17) is 15.2 Å². The quantitative estimate of drug-likeness (QED) is 0.767. The van der Waals surface area contributed by atoms with E-state index in [9.17, 15) is 0 Å². The number of methoxy groups -OCH3 is 2. The molecule has 0 saturated carbocycles. The molecular weight excluding hydrogens is 228 g/mol. The van der Waals surface area contributed by atoms with Crippen LogP contribution >= 0.6 is 0 Å². The Bertz CT molecular complexity index is 344. The number of anilines is 1. The van der Waals surface area contributed by atoms with E-state index in [-0.39, 0.29) is 6.10 Å². The van der Waals surface area contributed by atoms with Crippen LogP contribution in [-0.2, 0) is 4.74 Å². The summed E-state index contributed by atoms with van der Waals surface area (Å²) in [7, 11) is 3.42. The van der Waals surface area contributed by atoms with Crippen molar-refractivity contribution in [1.82, 2.24) is 0 Å². The lowest BCUT2D eigenvalue weighted by Crippen LogP contribution is -2.33. The average molecular weight is 252 g/mol. The monoisotopic (exact) mass is 252 g/mol. The van der Waals surface area contributed by atoms with Crippen LogP contribution in [0.5, 0.6) is 5.75 Å². The SMILES string of the molecule is COc1cccc(N(CCCN)CC(C)OC)c1. The van der Waals surface area contributed by atoms with E-state index in [1.54, 1.807) is 14.2 Å². The van der Waals surface area contributed by atoms with Crippen LogP contribution in [-0.4, -0.2) is 40.0 Å². The molecule has 0 aliphatic carbocycles. The predicted octanol–water partition coefficient (Wildman–Crippen LogP) is 1.89. The highest BCUT2D eigenvalue weighted by Crippen LogP contribution is 2.21. The van der Waals surface area contributed by atoms with E-state index in [0.29, 0.717) is 6.54 Å². The van der Waals surface area contributed by atoms with Gasteiger partial charge in [0, 0.05) is 32.0 Å². The Labute approximate surface area is 110 Å². The van der Waals surface area contributed by atoms with E-state index in [0.717, 1.165) is 30.9 Å². The van der Waals surface area contributed by atoms with Crippen molar-refractivity contribution in [3.05, 3.63) is 24.3 Å². The molecule has 1 aromatic carbocycles. The Morgan fingerprint density at radius 1 is 1.33 bits per heavy atom. The van der Waals surface area contributed by atoms with E-state index in [1.165, 1.54) is 0 Å². The minimum absolute atomic E-state index is 0.189. The predicted molar refractivity (Wildman–Crippen MR) is 75.3 cm³/mol. The fourth-order valence-electron chi connectivity index (χ4n) is 1.80. The second-order valence-corrected chi connectivity index (χ2v) is 4.34. The Kier molecular flexibility index (Phi) is 6.54. The number of hydrogen-bond acceptors (Lipinski definition) is 4. The van der Waals surface area contributed by atoms with Gasteiger partial charge in [0.05, 0.1) is 13.2 Å². The zero-order chi connectivity index (χ0) is 13.4. The first-order chi connectivity index (χ1) is 8.71. The van der Waals surface area contributed by atoms with Crippen molar-refractivity contribution in [3.63, 3.8) is 0 Å². The molecule has 0 radical (unpaired) electrons. The molecule has 0 heterocycles. The maximum Gasteiger partial charge on any atom is 0.120 e. The second kappa shape index (κ2) is 7.95.